The van der Waals surface area contributed by atoms with Crippen LogP contribution in [0.2, 0.25) is 0 Å². The SMILES string of the molecule is CCCCOC(=O)N=C(N)c1ccc(C(=O)N[C@@H](CN2CCC(OCC(=O)OCC)CC2)C(=O)CC)cc1. The minimum Gasteiger partial charge on any atom is -0.464 e. The quantitative estimate of drug-likeness (QED) is 0.159. The van der Waals surface area contributed by atoms with Gasteiger partial charge in [-0.15, -0.1) is 0 Å². The first kappa shape index (κ1) is 30.9. The van der Waals surface area contributed by atoms with E-state index >= 15 is 0 Å². The molecule has 1 heterocycles. The number of esters is 1. The fourth-order valence-electron chi connectivity index (χ4n) is 3.91. The van der Waals surface area contributed by atoms with E-state index in [0.29, 0.717) is 43.8 Å². The first-order valence-corrected chi connectivity index (χ1v) is 13.2. The molecule has 1 saturated heterocycles. The van der Waals surface area contributed by atoms with Gasteiger partial charge in [-0.3, -0.25) is 9.59 Å². The zero-order valence-corrected chi connectivity index (χ0v) is 22.6. The van der Waals surface area contributed by atoms with E-state index < -0.39 is 12.1 Å². The minimum absolute atomic E-state index is 0.00729. The highest BCUT2D eigenvalue weighted by Gasteiger charge is 2.27. The average molecular weight is 533 g/mol. The molecule has 0 bridgehead atoms. The molecule has 1 atom stereocenters. The number of nitrogens with zero attached hydrogens (tertiary/aromatic N) is 2. The van der Waals surface area contributed by atoms with Gasteiger partial charge in [-0.2, -0.15) is 4.99 Å². The van der Waals surface area contributed by atoms with Crippen LogP contribution < -0.4 is 11.1 Å². The molecule has 0 unspecified atom stereocenters. The summed E-state index contributed by atoms with van der Waals surface area (Å²) in [6.07, 6.45) is 2.58. The number of Topliss-reactive ketones (excluding diaryl/α,β-unsaturated/α-hetero) is 1. The standard InChI is InChI=1S/C27H40N4O7/c1-4-7-16-37-27(35)30-25(28)19-8-10-20(11-9-19)26(34)29-22(23(32)5-2)17-31-14-12-21(13-15-31)38-18-24(33)36-6-3/h8-11,21-22H,4-7,12-18H2,1-3H3,(H,29,34)(H2,28,30,35)/t22-/m0/s1. The van der Waals surface area contributed by atoms with Crippen molar-refractivity contribution in [1.29, 1.82) is 0 Å². The molecule has 0 aromatic heterocycles. The molecule has 1 aromatic carbocycles. The summed E-state index contributed by atoms with van der Waals surface area (Å²) in [7, 11) is 0. The number of likely N-dealkylation sites (tertiary alicyclic amines) is 1. The van der Waals surface area contributed by atoms with Crippen molar-refractivity contribution in [1.82, 2.24) is 10.2 Å². The molecule has 1 fully saturated rings. The maximum absolute atomic E-state index is 12.9. The summed E-state index contributed by atoms with van der Waals surface area (Å²) in [6.45, 7) is 7.80. The number of nitrogens with two attached hydrogens (primary N) is 1. The van der Waals surface area contributed by atoms with Crippen molar-refractivity contribution >= 4 is 29.6 Å². The predicted molar refractivity (Wildman–Crippen MR) is 142 cm³/mol. The molecule has 2 rings (SSSR count). The first-order valence-electron chi connectivity index (χ1n) is 13.2. The van der Waals surface area contributed by atoms with Crippen molar-refractivity contribution in [2.24, 2.45) is 10.7 Å². The van der Waals surface area contributed by atoms with Crippen molar-refractivity contribution in [3.63, 3.8) is 0 Å². The maximum Gasteiger partial charge on any atom is 0.435 e. The monoisotopic (exact) mass is 532 g/mol. The van der Waals surface area contributed by atoms with Crippen molar-refractivity contribution < 1.29 is 33.4 Å². The smallest absolute Gasteiger partial charge is 0.435 e. The van der Waals surface area contributed by atoms with Crippen molar-refractivity contribution in [3.8, 4) is 0 Å². The summed E-state index contributed by atoms with van der Waals surface area (Å²) in [6, 6.07) is 5.65. The molecule has 0 saturated carbocycles. The summed E-state index contributed by atoms with van der Waals surface area (Å²) >= 11 is 0. The van der Waals surface area contributed by atoms with Crippen molar-refractivity contribution in [3.05, 3.63) is 35.4 Å². The van der Waals surface area contributed by atoms with Crippen LogP contribution in [0.5, 0.6) is 0 Å². The Hall–Kier alpha value is -3.31. The lowest BCUT2D eigenvalue weighted by Gasteiger charge is -2.33. The van der Waals surface area contributed by atoms with Gasteiger partial charge in [-0.1, -0.05) is 32.4 Å². The van der Waals surface area contributed by atoms with Crippen LogP contribution in [0.1, 0.15) is 68.8 Å². The third-order valence-corrected chi connectivity index (χ3v) is 6.14. The molecule has 0 aliphatic carbocycles. The van der Waals surface area contributed by atoms with Crippen LogP contribution in [0.4, 0.5) is 4.79 Å². The average Bonchev–Trinajstić information content (AvgIpc) is 2.92. The van der Waals surface area contributed by atoms with Gasteiger partial charge in [0.05, 0.1) is 19.3 Å². The van der Waals surface area contributed by atoms with E-state index in [0.717, 1.165) is 25.7 Å². The van der Waals surface area contributed by atoms with Gasteiger partial charge in [0.2, 0.25) is 0 Å². The number of ether oxygens (including phenoxy) is 3. The van der Waals surface area contributed by atoms with Crippen LogP contribution in [-0.4, -0.2) is 86.1 Å². The number of ketones is 1. The fourth-order valence-corrected chi connectivity index (χ4v) is 3.91. The molecule has 3 N–H and O–H groups in total. The number of carbonyl (C=O) groups is 4. The number of benzene rings is 1. The summed E-state index contributed by atoms with van der Waals surface area (Å²) in [5, 5.41) is 2.85. The zero-order valence-electron chi connectivity index (χ0n) is 22.6. The number of amides is 2. The van der Waals surface area contributed by atoms with Crippen LogP contribution in [0.25, 0.3) is 0 Å². The zero-order chi connectivity index (χ0) is 27.9. The van der Waals surface area contributed by atoms with E-state index in [9.17, 15) is 19.2 Å². The lowest BCUT2D eigenvalue weighted by molar-refractivity contribution is -0.151. The van der Waals surface area contributed by atoms with Crippen molar-refractivity contribution in [2.45, 2.75) is 65.0 Å². The molecule has 1 aliphatic heterocycles. The van der Waals surface area contributed by atoms with E-state index in [1.807, 2.05) is 6.92 Å². The number of unbranched alkanes of at least 4 members (excludes halogenated alkanes) is 1. The number of amidine groups is 1. The molecule has 210 valence electrons. The second-order valence-corrected chi connectivity index (χ2v) is 9.00. The normalized spacial score (nSPS) is 15.5. The third-order valence-electron chi connectivity index (χ3n) is 6.14. The van der Waals surface area contributed by atoms with Gasteiger partial charge < -0.3 is 30.2 Å². The molecule has 2 amide bonds. The Balaban J connectivity index is 1.90. The highest BCUT2D eigenvalue weighted by atomic mass is 16.6. The Morgan fingerprint density at radius 1 is 1.05 bits per heavy atom. The molecule has 1 aliphatic rings. The topological polar surface area (TPSA) is 150 Å². The Morgan fingerprint density at radius 3 is 2.32 bits per heavy atom. The van der Waals surface area contributed by atoms with Gasteiger partial charge in [0.15, 0.2) is 5.78 Å². The second kappa shape index (κ2) is 16.5. The molecule has 1 aromatic rings. The van der Waals surface area contributed by atoms with Crippen LogP contribution in [0.3, 0.4) is 0 Å². The first-order chi connectivity index (χ1) is 18.3. The van der Waals surface area contributed by atoms with Crippen LogP contribution in [0, 0.1) is 0 Å². The Bertz CT molecular complexity index is 957. The van der Waals surface area contributed by atoms with Crippen LogP contribution in [-0.2, 0) is 23.8 Å². The van der Waals surface area contributed by atoms with Crippen LogP contribution >= 0.6 is 0 Å². The summed E-state index contributed by atoms with van der Waals surface area (Å²) < 4.78 is 15.5. The number of carbonyl (C=O) groups excluding carboxylic acids is 4. The minimum atomic E-state index is -0.756. The lowest BCUT2D eigenvalue weighted by Crippen LogP contribution is -2.50. The van der Waals surface area contributed by atoms with Gasteiger partial charge in [-0.25, -0.2) is 9.59 Å². The number of piperidine rings is 1. The van der Waals surface area contributed by atoms with Gasteiger partial charge in [0, 0.05) is 37.2 Å². The van der Waals surface area contributed by atoms with E-state index in [2.05, 4.69) is 15.2 Å². The van der Waals surface area contributed by atoms with E-state index in [-0.39, 0.29) is 42.8 Å². The van der Waals surface area contributed by atoms with Gasteiger partial charge in [0.25, 0.3) is 5.91 Å². The summed E-state index contributed by atoms with van der Waals surface area (Å²) in [4.78, 5) is 54.6. The number of rotatable bonds is 14. The number of hydrogen-bond donors (Lipinski definition) is 2. The summed E-state index contributed by atoms with van der Waals surface area (Å²) in [5.41, 5.74) is 6.72. The second-order valence-electron chi connectivity index (χ2n) is 9.00. The van der Waals surface area contributed by atoms with Crippen LogP contribution in [0.15, 0.2) is 29.3 Å². The van der Waals surface area contributed by atoms with Gasteiger partial charge >= 0.3 is 12.1 Å². The molecule has 0 radical (unpaired) electrons. The number of hydrogen-bond acceptors (Lipinski definition) is 8. The Morgan fingerprint density at radius 2 is 1.71 bits per heavy atom. The van der Waals surface area contributed by atoms with Gasteiger partial charge in [-0.05, 0) is 38.3 Å². The molecular formula is C27H40N4O7. The van der Waals surface area contributed by atoms with E-state index in [1.54, 1.807) is 38.1 Å². The Labute approximate surface area is 224 Å². The van der Waals surface area contributed by atoms with E-state index in [1.165, 1.54) is 0 Å². The fraction of sp³-hybridized carbons (Fsp3) is 0.593. The predicted octanol–water partition coefficient (Wildman–Crippen LogP) is 2.45. The van der Waals surface area contributed by atoms with E-state index in [4.69, 9.17) is 19.9 Å². The van der Waals surface area contributed by atoms with Crippen molar-refractivity contribution in [2.75, 3.05) is 39.5 Å². The third kappa shape index (κ3) is 10.6. The molecule has 11 nitrogen and oxygen atoms in total. The molecule has 38 heavy (non-hydrogen) atoms. The lowest BCUT2D eigenvalue weighted by atomic mass is 10.0. The highest BCUT2D eigenvalue weighted by molar-refractivity contribution is 6.04. The highest BCUT2D eigenvalue weighted by Crippen LogP contribution is 2.15. The summed E-state index contributed by atoms with van der Waals surface area (Å²) in [5.74, 6) is -0.828. The molecular weight excluding hydrogens is 492 g/mol. The number of aliphatic imine (C=N–C) groups is 1. The Kier molecular flexibility index (Phi) is 13.4. The van der Waals surface area contributed by atoms with Gasteiger partial charge in [0.1, 0.15) is 18.5 Å². The largest absolute Gasteiger partial charge is 0.464 e. The molecule has 11 heteroatoms. The maximum atomic E-state index is 12.9. The molecule has 0 spiro atoms. The number of nitrogens with one attached hydrogen (secondary N) is 1.